The maximum Gasteiger partial charge on any atom is 0.0693 e. The van der Waals surface area contributed by atoms with Crippen LogP contribution in [0.2, 0.25) is 0 Å². The summed E-state index contributed by atoms with van der Waals surface area (Å²) in [5, 5.41) is 3.73. The van der Waals surface area contributed by atoms with Crippen molar-refractivity contribution < 1.29 is 4.74 Å². The summed E-state index contributed by atoms with van der Waals surface area (Å²) in [6.45, 7) is 11.6. The minimum Gasteiger partial charge on any atom is -0.380 e. The number of nitrogens with one attached hydrogen (secondary N) is 1. The molecule has 0 aromatic heterocycles. The lowest BCUT2D eigenvalue weighted by Gasteiger charge is -2.40. The zero-order valence-electron chi connectivity index (χ0n) is 13.3. The van der Waals surface area contributed by atoms with Crippen LogP contribution in [0.5, 0.6) is 0 Å². The third kappa shape index (κ3) is 4.24. The van der Waals surface area contributed by atoms with E-state index in [1.54, 1.807) is 7.11 Å². The van der Waals surface area contributed by atoms with Gasteiger partial charge in [0.1, 0.15) is 0 Å². The lowest BCUT2D eigenvalue weighted by atomic mass is 9.69. The van der Waals surface area contributed by atoms with E-state index in [2.05, 4.69) is 39.9 Å². The molecule has 1 aliphatic rings. The van der Waals surface area contributed by atoms with E-state index in [0.29, 0.717) is 23.6 Å². The van der Waals surface area contributed by atoms with Gasteiger partial charge in [0.15, 0.2) is 0 Å². The number of methoxy groups -OCH3 is 1. The fraction of sp³-hybridized carbons (Fsp3) is 1.00. The van der Waals surface area contributed by atoms with Crippen molar-refractivity contribution in [3.8, 4) is 0 Å². The molecule has 0 heterocycles. The van der Waals surface area contributed by atoms with Crippen LogP contribution in [0.1, 0.15) is 66.7 Å². The predicted octanol–water partition coefficient (Wildman–Crippen LogP) is 3.99. The molecule has 2 unspecified atom stereocenters. The van der Waals surface area contributed by atoms with Crippen LogP contribution in [-0.4, -0.2) is 25.3 Å². The molecule has 1 aliphatic carbocycles. The van der Waals surface area contributed by atoms with Gasteiger partial charge in [-0.15, -0.1) is 0 Å². The standard InChI is InChI=1S/C16H33NO/c1-7-16(4,5)14-8-10-15(11-9-14)17-12(2)13(3)18-6/h12-15,17H,7-11H2,1-6H3. The van der Waals surface area contributed by atoms with E-state index in [9.17, 15) is 0 Å². The molecule has 2 heteroatoms. The van der Waals surface area contributed by atoms with E-state index in [4.69, 9.17) is 4.74 Å². The first-order valence-corrected chi connectivity index (χ1v) is 7.69. The Morgan fingerprint density at radius 1 is 1.17 bits per heavy atom. The summed E-state index contributed by atoms with van der Waals surface area (Å²) in [7, 11) is 1.80. The van der Waals surface area contributed by atoms with Crippen molar-refractivity contribution >= 4 is 0 Å². The molecule has 2 nitrogen and oxygen atoms in total. The number of rotatable bonds is 6. The summed E-state index contributed by atoms with van der Waals surface area (Å²) in [6.07, 6.45) is 7.02. The Hall–Kier alpha value is -0.0800. The third-order valence-corrected chi connectivity index (χ3v) is 5.32. The topological polar surface area (TPSA) is 21.3 Å². The first-order chi connectivity index (χ1) is 8.40. The Morgan fingerprint density at radius 2 is 1.72 bits per heavy atom. The molecule has 18 heavy (non-hydrogen) atoms. The van der Waals surface area contributed by atoms with Crippen LogP contribution in [0, 0.1) is 11.3 Å². The SMILES string of the molecule is CCC(C)(C)C1CCC(NC(C)C(C)OC)CC1. The molecule has 0 radical (unpaired) electrons. The molecule has 0 spiro atoms. The molecule has 1 saturated carbocycles. The number of ether oxygens (including phenoxy) is 1. The normalized spacial score (nSPS) is 29.0. The van der Waals surface area contributed by atoms with Gasteiger partial charge in [0.25, 0.3) is 0 Å². The number of hydrogen-bond acceptors (Lipinski definition) is 2. The van der Waals surface area contributed by atoms with Crippen LogP contribution < -0.4 is 5.32 Å². The van der Waals surface area contributed by atoms with Crippen LogP contribution in [-0.2, 0) is 4.74 Å². The van der Waals surface area contributed by atoms with Crippen LogP contribution in [0.3, 0.4) is 0 Å². The van der Waals surface area contributed by atoms with Gasteiger partial charge < -0.3 is 10.1 Å². The van der Waals surface area contributed by atoms with Crippen LogP contribution in [0.4, 0.5) is 0 Å². The molecule has 108 valence electrons. The molecule has 0 aliphatic heterocycles. The van der Waals surface area contributed by atoms with Gasteiger partial charge in [-0.1, -0.05) is 27.2 Å². The first-order valence-electron chi connectivity index (χ1n) is 7.69. The molecule has 0 bridgehead atoms. The minimum absolute atomic E-state index is 0.301. The van der Waals surface area contributed by atoms with Gasteiger partial charge in [-0.3, -0.25) is 0 Å². The van der Waals surface area contributed by atoms with E-state index in [0.717, 1.165) is 5.92 Å². The second kappa shape index (κ2) is 6.91. The summed E-state index contributed by atoms with van der Waals surface area (Å²) in [4.78, 5) is 0. The van der Waals surface area contributed by atoms with Crippen LogP contribution in [0.25, 0.3) is 0 Å². The Kier molecular flexibility index (Phi) is 6.13. The predicted molar refractivity (Wildman–Crippen MR) is 78.9 cm³/mol. The minimum atomic E-state index is 0.301. The largest absolute Gasteiger partial charge is 0.380 e. The number of hydrogen-bond donors (Lipinski definition) is 1. The fourth-order valence-electron chi connectivity index (χ4n) is 3.04. The summed E-state index contributed by atoms with van der Waals surface area (Å²) in [6, 6.07) is 1.15. The highest BCUT2D eigenvalue weighted by Gasteiger charge is 2.32. The van der Waals surface area contributed by atoms with Gasteiger partial charge in [0.05, 0.1) is 6.10 Å². The van der Waals surface area contributed by atoms with Gasteiger partial charge in [-0.2, -0.15) is 0 Å². The second-order valence-electron chi connectivity index (χ2n) is 6.79. The van der Waals surface area contributed by atoms with E-state index in [-0.39, 0.29) is 0 Å². The van der Waals surface area contributed by atoms with Gasteiger partial charge in [0.2, 0.25) is 0 Å². The molecule has 0 aromatic carbocycles. The zero-order valence-corrected chi connectivity index (χ0v) is 13.3. The molecular formula is C16H33NO. The van der Waals surface area contributed by atoms with E-state index in [1.165, 1.54) is 32.1 Å². The molecular weight excluding hydrogens is 222 g/mol. The highest BCUT2D eigenvalue weighted by Crippen LogP contribution is 2.40. The third-order valence-electron chi connectivity index (χ3n) is 5.32. The molecule has 0 aromatic rings. The quantitative estimate of drug-likeness (QED) is 0.774. The zero-order chi connectivity index (χ0) is 13.8. The van der Waals surface area contributed by atoms with Crippen LogP contribution in [0.15, 0.2) is 0 Å². The van der Waals surface area contributed by atoms with Crippen molar-refractivity contribution in [3.05, 3.63) is 0 Å². The Morgan fingerprint density at radius 3 is 2.17 bits per heavy atom. The van der Waals surface area contributed by atoms with Gasteiger partial charge >= 0.3 is 0 Å². The Bertz CT molecular complexity index is 231. The Labute approximate surface area is 114 Å². The highest BCUT2D eigenvalue weighted by molar-refractivity contribution is 4.86. The Balaban J connectivity index is 2.36. The summed E-state index contributed by atoms with van der Waals surface area (Å²) in [5.41, 5.74) is 0.524. The average Bonchev–Trinajstić information content (AvgIpc) is 2.38. The van der Waals surface area contributed by atoms with E-state index < -0.39 is 0 Å². The van der Waals surface area contributed by atoms with Crippen molar-refractivity contribution in [2.24, 2.45) is 11.3 Å². The van der Waals surface area contributed by atoms with E-state index >= 15 is 0 Å². The first kappa shape index (κ1) is 16.0. The molecule has 2 atom stereocenters. The summed E-state index contributed by atoms with van der Waals surface area (Å²) < 4.78 is 5.38. The molecule has 1 rings (SSSR count). The maximum atomic E-state index is 5.38. The van der Waals surface area contributed by atoms with Crippen molar-refractivity contribution in [1.82, 2.24) is 5.32 Å². The van der Waals surface area contributed by atoms with Crippen molar-refractivity contribution in [1.29, 1.82) is 0 Å². The van der Waals surface area contributed by atoms with Crippen molar-refractivity contribution in [3.63, 3.8) is 0 Å². The lowest BCUT2D eigenvalue weighted by molar-refractivity contribution is 0.0750. The highest BCUT2D eigenvalue weighted by atomic mass is 16.5. The van der Waals surface area contributed by atoms with Crippen LogP contribution >= 0.6 is 0 Å². The molecule has 1 fully saturated rings. The summed E-state index contributed by atoms with van der Waals surface area (Å²) >= 11 is 0. The molecule has 0 amide bonds. The van der Waals surface area contributed by atoms with Gasteiger partial charge in [0, 0.05) is 19.2 Å². The second-order valence-corrected chi connectivity index (χ2v) is 6.79. The fourth-order valence-corrected chi connectivity index (χ4v) is 3.04. The lowest BCUT2D eigenvalue weighted by Crippen LogP contribution is -2.45. The van der Waals surface area contributed by atoms with Crippen molar-refractivity contribution in [2.75, 3.05) is 7.11 Å². The average molecular weight is 255 g/mol. The van der Waals surface area contributed by atoms with Gasteiger partial charge in [-0.25, -0.2) is 0 Å². The molecule has 1 N–H and O–H groups in total. The summed E-state index contributed by atoms with van der Waals surface area (Å²) in [5.74, 6) is 0.913. The maximum absolute atomic E-state index is 5.38. The molecule has 0 saturated heterocycles. The van der Waals surface area contributed by atoms with Gasteiger partial charge in [-0.05, 0) is 50.9 Å². The van der Waals surface area contributed by atoms with E-state index in [1.807, 2.05) is 0 Å². The smallest absolute Gasteiger partial charge is 0.0693 e. The van der Waals surface area contributed by atoms with Crippen molar-refractivity contribution in [2.45, 2.75) is 84.9 Å². The monoisotopic (exact) mass is 255 g/mol.